The van der Waals surface area contributed by atoms with Gasteiger partial charge in [-0.05, 0) is 26.2 Å². The molecule has 0 saturated carbocycles. The van der Waals surface area contributed by atoms with Gasteiger partial charge >= 0.3 is 5.97 Å². The molecular weight excluding hydrogens is 180 g/mol. The zero-order valence-corrected chi connectivity index (χ0v) is 9.29. The summed E-state index contributed by atoms with van der Waals surface area (Å²) < 4.78 is 5.11. The topological polar surface area (TPSA) is 43.4 Å². The van der Waals surface area contributed by atoms with Gasteiger partial charge in [-0.3, -0.25) is 4.79 Å². The van der Waals surface area contributed by atoms with Gasteiger partial charge in [0.1, 0.15) is 6.10 Å². The average molecular weight is 198 g/mol. The fourth-order valence-corrected chi connectivity index (χ4v) is 2.14. The van der Waals surface area contributed by atoms with Crippen molar-refractivity contribution in [2.24, 2.45) is 11.3 Å². The van der Waals surface area contributed by atoms with E-state index in [2.05, 4.69) is 6.92 Å². The molecular formula is C11H18O3. The number of ether oxygens (including phenoxy) is 1. The van der Waals surface area contributed by atoms with E-state index in [1.807, 2.05) is 6.92 Å². The quantitative estimate of drug-likeness (QED) is 0.514. The third-order valence-electron chi connectivity index (χ3n) is 2.98. The number of carbonyl (C=O) groups is 2. The minimum atomic E-state index is -0.664. The molecule has 3 nitrogen and oxygen atoms in total. The van der Waals surface area contributed by atoms with Gasteiger partial charge in [-0.2, -0.15) is 0 Å². The van der Waals surface area contributed by atoms with Crippen LogP contribution < -0.4 is 0 Å². The summed E-state index contributed by atoms with van der Waals surface area (Å²) in [5.41, 5.74) is -0.647. The van der Waals surface area contributed by atoms with Crippen LogP contribution in [-0.4, -0.2) is 17.9 Å². The average Bonchev–Trinajstić information content (AvgIpc) is 2.30. The summed E-state index contributed by atoms with van der Waals surface area (Å²) in [6.45, 7) is 7.69. The molecule has 0 bridgehead atoms. The van der Waals surface area contributed by atoms with Crippen LogP contribution in [0.2, 0.25) is 0 Å². The van der Waals surface area contributed by atoms with Crippen LogP contribution in [0.4, 0.5) is 0 Å². The van der Waals surface area contributed by atoms with Crippen LogP contribution >= 0.6 is 0 Å². The summed E-state index contributed by atoms with van der Waals surface area (Å²) in [5, 5.41) is 0. The number of ketones is 1. The first-order chi connectivity index (χ1) is 6.41. The standard InChI is InChI=1S/C11H18O3/c1-5-6-7(2)9-11(3,4)8(12)10(13)14-9/h7,9H,5-6H2,1-4H3. The normalized spacial score (nSPS) is 27.6. The number of Topliss-reactive ketones (excluding diaryl/α,β-unsaturated/α-hetero) is 1. The second kappa shape index (κ2) is 3.71. The Balaban J connectivity index is 2.81. The summed E-state index contributed by atoms with van der Waals surface area (Å²) in [6.07, 6.45) is 1.77. The van der Waals surface area contributed by atoms with Crippen LogP contribution in [0.1, 0.15) is 40.5 Å². The molecule has 0 N–H and O–H groups in total. The molecule has 14 heavy (non-hydrogen) atoms. The molecule has 1 aliphatic rings. The van der Waals surface area contributed by atoms with Gasteiger partial charge in [-0.1, -0.05) is 20.3 Å². The largest absolute Gasteiger partial charge is 0.455 e. The third-order valence-corrected chi connectivity index (χ3v) is 2.98. The lowest BCUT2D eigenvalue weighted by Crippen LogP contribution is -2.35. The molecule has 1 rings (SSSR count). The Morgan fingerprint density at radius 3 is 2.36 bits per heavy atom. The Hall–Kier alpha value is -0.860. The van der Waals surface area contributed by atoms with Crippen molar-refractivity contribution in [1.29, 1.82) is 0 Å². The van der Waals surface area contributed by atoms with Gasteiger partial charge in [0.15, 0.2) is 0 Å². The lowest BCUT2D eigenvalue weighted by molar-refractivity contribution is -0.149. The third kappa shape index (κ3) is 1.68. The number of rotatable bonds is 3. The van der Waals surface area contributed by atoms with Crippen LogP contribution in [0.25, 0.3) is 0 Å². The van der Waals surface area contributed by atoms with Crippen molar-refractivity contribution < 1.29 is 14.3 Å². The van der Waals surface area contributed by atoms with E-state index >= 15 is 0 Å². The molecule has 80 valence electrons. The number of hydrogen-bond acceptors (Lipinski definition) is 3. The van der Waals surface area contributed by atoms with E-state index in [-0.39, 0.29) is 17.8 Å². The number of esters is 1. The zero-order chi connectivity index (χ0) is 10.9. The van der Waals surface area contributed by atoms with E-state index in [0.29, 0.717) is 0 Å². The summed E-state index contributed by atoms with van der Waals surface area (Å²) in [7, 11) is 0. The second-order valence-corrected chi connectivity index (χ2v) is 4.64. The van der Waals surface area contributed by atoms with Crippen molar-refractivity contribution >= 4 is 11.8 Å². The van der Waals surface area contributed by atoms with Gasteiger partial charge in [0, 0.05) is 0 Å². The van der Waals surface area contributed by atoms with Gasteiger partial charge in [-0.25, -0.2) is 4.79 Å². The fraction of sp³-hybridized carbons (Fsp3) is 0.818. The van der Waals surface area contributed by atoms with Crippen molar-refractivity contribution in [3.63, 3.8) is 0 Å². The SMILES string of the molecule is CCCC(C)C1OC(=O)C(=O)C1(C)C. The van der Waals surface area contributed by atoms with Gasteiger partial charge in [0.2, 0.25) is 5.78 Å². The molecule has 1 saturated heterocycles. The maximum absolute atomic E-state index is 11.5. The van der Waals surface area contributed by atoms with Gasteiger partial charge in [0.05, 0.1) is 5.41 Å². The highest BCUT2D eigenvalue weighted by atomic mass is 16.6. The maximum Gasteiger partial charge on any atom is 0.375 e. The highest BCUT2D eigenvalue weighted by Gasteiger charge is 2.51. The Labute approximate surface area is 84.8 Å². The maximum atomic E-state index is 11.5. The van der Waals surface area contributed by atoms with Gasteiger partial charge in [-0.15, -0.1) is 0 Å². The van der Waals surface area contributed by atoms with E-state index in [1.165, 1.54) is 0 Å². The molecule has 2 atom stereocenters. The number of hydrogen-bond donors (Lipinski definition) is 0. The molecule has 1 heterocycles. The van der Waals surface area contributed by atoms with E-state index in [1.54, 1.807) is 13.8 Å². The molecule has 1 fully saturated rings. The molecule has 0 aromatic carbocycles. The van der Waals surface area contributed by atoms with Crippen molar-refractivity contribution in [3.05, 3.63) is 0 Å². The van der Waals surface area contributed by atoms with Crippen LogP contribution in [0, 0.1) is 11.3 Å². The lowest BCUT2D eigenvalue weighted by Gasteiger charge is -2.27. The van der Waals surface area contributed by atoms with E-state index in [9.17, 15) is 9.59 Å². The predicted octanol–water partition coefficient (Wildman–Crippen LogP) is 1.94. The first-order valence-corrected chi connectivity index (χ1v) is 5.16. The zero-order valence-electron chi connectivity index (χ0n) is 9.29. The lowest BCUT2D eigenvalue weighted by atomic mass is 9.77. The molecule has 2 unspecified atom stereocenters. The molecule has 0 aromatic heterocycles. The Kier molecular flexibility index (Phi) is 2.98. The summed E-state index contributed by atoms with van der Waals surface area (Å²) in [4.78, 5) is 22.6. The smallest absolute Gasteiger partial charge is 0.375 e. The molecule has 0 amide bonds. The minimum absolute atomic E-state index is 0.248. The Morgan fingerprint density at radius 1 is 1.43 bits per heavy atom. The molecule has 0 radical (unpaired) electrons. The predicted molar refractivity (Wildman–Crippen MR) is 52.7 cm³/mol. The fourth-order valence-electron chi connectivity index (χ4n) is 2.14. The van der Waals surface area contributed by atoms with Crippen LogP contribution in [0.15, 0.2) is 0 Å². The van der Waals surface area contributed by atoms with Crippen LogP contribution in [-0.2, 0) is 14.3 Å². The van der Waals surface area contributed by atoms with Crippen molar-refractivity contribution in [3.8, 4) is 0 Å². The van der Waals surface area contributed by atoms with Crippen molar-refractivity contribution in [1.82, 2.24) is 0 Å². The molecule has 1 aliphatic heterocycles. The highest BCUT2D eigenvalue weighted by molar-refractivity contribution is 6.37. The van der Waals surface area contributed by atoms with Crippen molar-refractivity contribution in [2.75, 3.05) is 0 Å². The van der Waals surface area contributed by atoms with E-state index in [4.69, 9.17) is 4.74 Å². The first kappa shape index (κ1) is 11.2. The summed E-state index contributed by atoms with van der Waals surface area (Å²) in [5.74, 6) is -0.793. The van der Waals surface area contributed by atoms with Gasteiger partial charge < -0.3 is 4.74 Å². The molecule has 0 aliphatic carbocycles. The van der Waals surface area contributed by atoms with Crippen LogP contribution in [0.5, 0.6) is 0 Å². The van der Waals surface area contributed by atoms with Gasteiger partial charge in [0.25, 0.3) is 0 Å². The number of carbonyl (C=O) groups excluding carboxylic acids is 2. The monoisotopic (exact) mass is 198 g/mol. The summed E-state index contributed by atoms with van der Waals surface area (Å²) in [6, 6.07) is 0. The molecule has 3 heteroatoms. The summed E-state index contributed by atoms with van der Waals surface area (Å²) >= 11 is 0. The Bertz CT molecular complexity index is 255. The molecule has 0 aromatic rings. The number of cyclic esters (lactones) is 1. The molecule has 0 spiro atoms. The van der Waals surface area contributed by atoms with Crippen molar-refractivity contribution in [2.45, 2.75) is 46.6 Å². The van der Waals surface area contributed by atoms with E-state index in [0.717, 1.165) is 12.8 Å². The highest BCUT2D eigenvalue weighted by Crippen LogP contribution is 2.37. The van der Waals surface area contributed by atoms with E-state index < -0.39 is 11.4 Å². The Morgan fingerprint density at radius 2 is 2.00 bits per heavy atom. The van der Waals surface area contributed by atoms with Crippen LogP contribution in [0.3, 0.4) is 0 Å². The minimum Gasteiger partial charge on any atom is -0.455 e. The first-order valence-electron chi connectivity index (χ1n) is 5.16. The second-order valence-electron chi connectivity index (χ2n) is 4.64.